The van der Waals surface area contributed by atoms with Crippen LogP contribution in [0.5, 0.6) is 11.8 Å². The second-order valence-corrected chi connectivity index (χ2v) is 7.62. The van der Waals surface area contributed by atoms with E-state index in [1.807, 2.05) is 6.07 Å². The van der Waals surface area contributed by atoms with Crippen LogP contribution in [-0.4, -0.2) is 42.5 Å². The fraction of sp³-hybridized carbons (Fsp3) is 0.250. The van der Waals surface area contributed by atoms with E-state index >= 15 is 0 Å². The van der Waals surface area contributed by atoms with Crippen LogP contribution in [0.4, 0.5) is 20.2 Å². The van der Waals surface area contributed by atoms with Gasteiger partial charge < -0.3 is 19.7 Å². The second kappa shape index (κ2) is 9.42. The van der Waals surface area contributed by atoms with Crippen molar-refractivity contribution >= 4 is 23.2 Å². The number of fused-ring (bicyclic) bond motifs is 3. The van der Waals surface area contributed by atoms with Gasteiger partial charge in [-0.05, 0) is 25.1 Å². The maximum Gasteiger partial charge on any atom is 0.263 e. The van der Waals surface area contributed by atoms with Crippen LogP contribution < -0.4 is 19.7 Å². The number of pyridine rings is 2. The van der Waals surface area contributed by atoms with Crippen molar-refractivity contribution in [1.29, 1.82) is 0 Å². The Labute approximate surface area is 194 Å². The lowest BCUT2D eigenvalue weighted by atomic mass is 9.98. The number of methoxy groups -OCH3 is 2. The Morgan fingerprint density at radius 1 is 1.18 bits per heavy atom. The SMILES string of the molecule is COc1cc2c(c(OC)n1)-c1cccnc1[C@H](C)C(=O)N2CC(=O)Nc1ccc(C(F)F)cc1. The molecule has 4 rings (SSSR count). The zero-order valence-electron chi connectivity index (χ0n) is 18.7. The largest absolute Gasteiger partial charge is 0.481 e. The van der Waals surface area contributed by atoms with E-state index < -0.39 is 18.3 Å². The number of hydrogen-bond acceptors (Lipinski definition) is 6. The van der Waals surface area contributed by atoms with Crippen LogP contribution in [0.3, 0.4) is 0 Å². The molecule has 10 heteroatoms. The summed E-state index contributed by atoms with van der Waals surface area (Å²) in [5, 5.41) is 2.65. The van der Waals surface area contributed by atoms with E-state index in [-0.39, 0.29) is 29.8 Å². The fourth-order valence-electron chi connectivity index (χ4n) is 3.87. The van der Waals surface area contributed by atoms with E-state index in [4.69, 9.17) is 9.47 Å². The molecule has 8 nitrogen and oxygen atoms in total. The number of benzene rings is 1. The molecule has 2 aromatic heterocycles. The van der Waals surface area contributed by atoms with Gasteiger partial charge in [-0.15, -0.1) is 0 Å². The number of hydrogen-bond donors (Lipinski definition) is 1. The predicted molar refractivity (Wildman–Crippen MR) is 121 cm³/mol. The Morgan fingerprint density at radius 3 is 2.56 bits per heavy atom. The van der Waals surface area contributed by atoms with Crippen molar-refractivity contribution in [2.75, 3.05) is 31.0 Å². The molecule has 1 atom stereocenters. The third kappa shape index (κ3) is 4.26. The summed E-state index contributed by atoms with van der Waals surface area (Å²) in [6.07, 6.45) is -1.01. The van der Waals surface area contributed by atoms with Gasteiger partial charge in [-0.2, -0.15) is 4.98 Å². The highest BCUT2D eigenvalue weighted by Gasteiger charge is 2.36. The average Bonchev–Trinajstić information content (AvgIpc) is 2.93. The number of nitrogens with one attached hydrogen (secondary N) is 1. The van der Waals surface area contributed by atoms with Gasteiger partial charge in [-0.25, -0.2) is 8.78 Å². The first-order valence-corrected chi connectivity index (χ1v) is 10.4. The van der Waals surface area contributed by atoms with Crippen LogP contribution in [0.2, 0.25) is 0 Å². The Bertz CT molecular complexity index is 1230. The molecule has 0 radical (unpaired) electrons. The van der Waals surface area contributed by atoms with Gasteiger partial charge in [0.25, 0.3) is 6.43 Å². The molecular weight excluding hydrogens is 446 g/mol. The highest BCUT2D eigenvalue weighted by atomic mass is 19.3. The minimum atomic E-state index is -2.61. The van der Waals surface area contributed by atoms with Crippen molar-refractivity contribution in [2.45, 2.75) is 19.3 Å². The van der Waals surface area contributed by atoms with Crippen LogP contribution in [0.1, 0.15) is 30.5 Å². The monoisotopic (exact) mass is 468 g/mol. The zero-order chi connectivity index (χ0) is 24.4. The summed E-state index contributed by atoms with van der Waals surface area (Å²) < 4.78 is 36.4. The van der Waals surface area contributed by atoms with Crippen LogP contribution in [-0.2, 0) is 9.59 Å². The summed E-state index contributed by atoms with van der Waals surface area (Å²) in [7, 11) is 2.89. The van der Waals surface area contributed by atoms with Crippen molar-refractivity contribution in [1.82, 2.24) is 9.97 Å². The van der Waals surface area contributed by atoms with Crippen molar-refractivity contribution in [3.63, 3.8) is 0 Å². The van der Waals surface area contributed by atoms with Gasteiger partial charge in [0.2, 0.25) is 23.6 Å². The first kappa shape index (κ1) is 23.1. The molecule has 0 bridgehead atoms. The minimum absolute atomic E-state index is 0.152. The molecule has 0 saturated heterocycles. The van der Waals surface area contributed by atoms with Crippen molar-refractivity contribution in [3.8, 4) is 22.9 Å². The van der Waals surface area contributed by atoms with Gasteiger partial charge in [0.1, 0.15) is 6.54 Å². The van der Waals surface area contributed by atoms with Gasteiger partial charge in [0.05, 0.1) is 37.1 Å². The molecule has 1 aliphatic heterocycles. The molecule has 1 aromatic carbocycles. The number of nitrogens with zero attached hydrogens (tertiary/aromatic N) is 3. The van der Waals surface area contributed by atoms with Crippen LogP contribution in [0.15, 0.2) is 48.7 Å². The average molecular weight is 468 g/mol. The third-order valence-corrected chi connectivity index (χ3v) is 5.54. The van der Waals surface area contributed by atoms with Crippen LogP contribution >= 0.6 is 0 Å². The van der Waals surface area contributed by atoms with Crippen LogP contribution in [0.25, 0.3) is 11.1 Å². The highest BCUT2D eigenvalue weighted by Crippen LogP contribution is 2.45. The molecule has 0 saturated carbocycles. The third-order valence-electron chi connectivity index (χ3n) is 5.54. The van der Waals surface area contributed by atoms with E-state index in [9.17, 15) is 18.4 Å². The summed E-state index contributed by atoms with van der Waals surface area (Å²) in [6.45, 7) is 1.38. The number of carbonyl (C=O) groups excluding carboxylic acids is 2. The molecule has 34 heavy (non-hydrogen) atoms. The number of ether oxygens (including phenoxy) is 2. The number of alkyl halides is 2. The molecule has 0 spiro atoms. The molecular formula is C24H22F2N4O4. The Morgan fingerprint density at radius 2 is 1.91 bits per heavy atom. The van der Waals surface area contributed by atoms with Crippen molar-refractivity contribution < 1.29 is 27.8 Å². The molecule has 176 valence electrons. The first-order valence-electron chi connectivity index (χ1n) is 10.4. The van der Waals surface area contributed by atoms with E-state index in [0.717, 1.165) is 0 Å². The summed E-state index contributed by atoms with van der Waals surface area (Å²) in [6, 6.07) is 10.4. The lowest BCUT2D eigenvalue weighted by Crippen LogP contribution is -2.40. The molecule has 3 heterocycles. The number of carbonyl (C=O) groups is 2. The number of amides is 2. The first-order chi connectivity index (χ1) is 16.3. The van der Waals surface area contributed by atoms with Gasteiger partial charge in [0, 0.05) is 29.1 Å². The summed E-state index contributed by atoms with van der Waals surface area (Å²) in [5.74, 6) is -1.09. The Kier molecular flexibility index (Phi) is 6.40. The number of aromatic nitrogens is 2. The van der Waals surface area contributed by atoms with Crippen LogP contribution in [0, 0.1) is 0 Å². The summed E-state index contributed by atoms with van der Waals surface area (Å²) >= 11 is 0. The maximum atomic E-state index is 13.5. The molecule has 3 aromatic rings. The smallest absolute Gasteiger partial charge is 0.263 e. The van der Waals surface area contributed by atoms with E-state index in [0.29, 0.717) is 28.2 Å². The molecule has 1 aliphatic rings. The summed E-state index contributed by atoms with van der Waals surface area (Å²) in [5.41, 5.74) is 2.27. The van der Waals surface area contributed by atoms with Gasteiger partial charge in [-0.3, -0.25) is 14.6 Å². The summed E-state index contributed by atoms with van der Waals surface area (Å²) in [4.78, 5) is 36.5. The normalized spacial score (nSPS) is 14.8. The van der Waals surface area contributed by atoms with Crippen molar-refractivity contribution in [3.05, 3.63) is 59.9 Å². The van der Waals surface area contributed by atoms with E-state index in [1.54, 1.807) is 25.3 Å². The quantitative estimate of drug-likeness (QED) is 0.583. The molecule has 0 fully saturated rings. The number of anilines is 2. The molecule has 1 N–H and O–H groups in total. The van der Waals surface area contributed by atoms with Gasteiger partial charge in [-0.1, -0.05) is 18.2 Å². The Hall–Kier alpha value is -4.08. The topological polar surface area (TPSA) is 93.7 Å². The fourth-order valence-corrected chi connectivity index (χ4v) is 3.87. The Balaban J connectivity index is 1.74. The number of halogens is 2. The highest BCUT2D eigenvalue weighted by molar-refractivity contribution is 6.09. The second-order valence-electron chi connectivity index (χ2n) is 7.62. The lowest BCUT2D eigenvalue weighted by Gasteiger charge is -2.25. The van der Waals surface area contributed by atoms with Crippen molar-refractivity contribution in [2.24, 2.45) is 0 Å². The maximum absolute atomic E-state index is 13.5. The predicted octanol–water partition coefficient (Wildman–Crippen LogP) is 4.19. The van der Waals surface area contributed by atoms with Gasteiger partial charge >= 0.3 is 0 Å². The van der Waals surface area contributed by atoms with E-state index in [2.05, 4.69) is 15.3 Å². The standard InChI is InChI=1S/C24H22F2N4O4/c1-13-21-16(5-4-10-27-21)20-17(11-19(33-2)29-23(20)34-3)30(24(13)32)12-18(31)28-15-8-6-14(7-9-15)22(25)26/h4-11,13,22H,12H2,1-3H3,(H,28,31)/t13-/m0/s1. The zero-order valence-corrected chi connectivity index (χ0v) is 18.7. The lowest BCUT2D eigenvalue weighted by molar-refractivity contribution is -0.122. The minimum Gasteiger partial charge on any atom is -0.481 e. The van der Waals surface area contributed by atoms with E-state index in [1.165, 1.54) is 43.4 Å². The molecule has 2 amide bonds. The number of rotatable bonds is 6. The van der Waals surface area contributed by atoms with Gasteiger partial charge in [0.15, 0.2) is 0 Å². The molecule has 0 unspecified atom stereocenters. The molecule has 0 aliphatic carbocycles.